The fourth-order valence-corrected chi connectivity index (χ4v) is 2.21. The van der Waals surface area contributed by atoms with Crippen LogP contribution in [0.4, 0.5) is 0 Å². The SMILES string of the molecule is CC1=CCC(Cc2cnc[nH]2)CC1.C[N+](C)(C)OOS. The first-order valence-electron chi connectivity index (χ1n) is 6.85. The lowest BCUT2D eigenvalue weighted by Crippen LogP contribution is -2.33. The average molecular weight is 300 g/mol. The number of hydrogen-bond acceptors (Lipinski definition) is 4. The quantitative estimate of drug-likeness (QED) is 0.224. The Kier molecular flexibility index (Phi) is 7.29. The molecule has 1 aromatic rings. The summed E-state index contributed by atoms with van der Waals surface area (Å²) < 4.78 is 4.37. The molecule has 1 atom stereocenters. The van der Waals surface area contributed by atoms with Crippen LogP contribution in [0.25, 0.3) is 0 Å². The first-order chi connectivity index (χ1) is 9.40. The summed E-state index contributed by atoms with van der Waals surface area (Å²) in [6, 6.07) is 0. The van der Waals surface area contributed by atoms with Crippen molar-refractivity contribution in [2.75, 3.05) is 21.1 Å². The van der Waals surface area contributed by atoms with Crippen molar-refractivity contribution in [1.29, 1.82) is 0 Å². The lowest BCUT2D eigenvalue weighted by atomic mass is 9.87. The van der Waals surface area contributed by atoms with Crippen molar-refractivity contribution >= 4 is 12.9 Å². The molecule has 2 rings (SSSR count). The monoisotopic (exact) mass is 300 g/mol. The molecule has 0 bridgehead atoms. The Hall–Kier alpha value is -0.820. The van der Waals surface area contributed by atoms with Gasteiger partial charge in [-0.2, -0.15) is 4.65 Å². The summed E-state index contributed by atoms with van der Waals surface area (Å²) in [5.41, 5.74) is 2.83. The van der Waals surface area contributed by atoms with Gasteiger partial charge in [-0.3, -0.25) is 0 Å². The molecule has 0 aromatic carbocycles. The highest BCUT2D eigenvalue weighted by Gasteiger charge is 2.13. The fraction of sp³-hybridized carbons (Fsp3) is 0.643. The zero-order chi connectivity index (χ0) is 15.0. The maximum Gasteiger partial charge on any atom is 0.101 e. The molecule has 1 unspecified atom stereocenters. The highest BCUT2D eigenvalue weighted by molar-refractivity contribution is 7.74. The number of nitrogens with one attached hydrogen (secondary N) is 1. The van der Waals surface area contributed by atoms with Crippen LogP contribution in [0.15, 0.2) is 24.2 Å². The third-order valence-electron chi connectivity index (χ3n) is 3.07. The minimum atomic E-state index is 0.295. The zero-order valence-corrected chi connectivity index (χ0v) is 13.7. The largest absolute Gasteiger partial charge is 0.348 e. The van der Waals surface area contributed by atoms with Crippen molar-refractivity contribution in [3.63, 3.8) is 0 Å². The third kappa shape index (κ3) is 7.69. The standard InChI is InChI=1S/C11H16N2.C3H9NO2S/c1-9-2-4-10(5-3-9)6-11-7-12-8-13-11;1-4(2,3)5-6-7/h2,7-8,10H,3-6H2,1H3,(H,12,13);1-3H3/p+1. The van der Waals surface area contributed by atoms with E-state index in [-0.39, 0.29) is 0 Å². The van der Waals surface area contributed by atoms with E-state index in [0.29, 0.717) is 4.65 Å². The number of aromatic amines is 1. The number of nitrogens with zero attached hydrogens (tertiary/aromatic N) is 2. The van der Waals surface area contributed by atoms with E-state index in [1.807, 2.05) is 27.3 Å². The molecular formula is C14H26N3O2S+. The molecule has 20 heavy (non-hydrogen) atoms. The number of quaternary nitrogens is 1. The fourth-order valence-electron chi connectivity index (χ4n) is 2.01. The Morgan fingerprint density at radius 3 is 2.60 bits per heavy atom. The highest BCUT2D eigenvalue weighted by Crippen LogP contribution is 2.25. The lowest BCUT2D eigenvalue weighted by Gasteiger charge is -2.19. The van der Waals surface area contributed by atoms with Gasteiger partial charge in [0.15, 0.2) is 0 Å². The molecule has 0 amide bonds. The van der Waals surface area contributed by atoms with E-state index >= 15 is 0 Å². The van der Waals surface area contributed by atoms with Crippen LogP contribution in [0.5, 0.6) is 0 Å². The summed E-state index contributed by atoms with van der Waals surface area (Å²) in [6.07, 6.45) is 11.1. The van der Waals surface area contributed by atoms with Gasteiger partial charge in [0.05, 0.1) is 6.33 Å². The average Bonchev–Trinajstić information content (AvgIpc) is 2.84. The number of imidazole rings is 1. The van der Waals surface area contributed by atoms with Crippen LogP contribution in [0.3, 0.4) is 0 Å². The molecule has 0 fully saturated rings. The molecular weight excluding hydrogens is 274 g/mol. The Labute approximate surface area is 127 Å². The van der Waals surface area contributed by atoms with Gasteiger partial charge in [-0.25, -0.2) is 4.98 Å². The van der Waals surface area contributed by atoms with Crippen LogP contribution in [-0.4, -0.2) is 35.8 Å². The molecule has 6 heteroatoms. The number of rotatable bonds is 4. The van der Waals surface area contributed by atoms with Gasteiger partial charge < -0.3 is 4.98 Å². The first kappa shape index (κ1) is 17.2. The molecule has 0 saturated heterocycles. The summed E-state index contributed by atoms with van der Waals surface area (Å²) in [6.45, 7) is 2.23. The van der Waals surface area contributed by atoms with E-state index in [1.165, 1.54) is 25.0 Å². The smallest absolute Gasteiger partial charge is 0.101 e. The van der Waals surface area contributed by atoms with Crippen LogP contribution in [0.2, 0.25) is 0 Å². The van der Waals surface area contributed by atoms with Crippen molar-refractivity contribution in [3.05, 3.63) is 29.9 Å². The number of thiol groups is 1. The Balaban J connectivity index is 0.000000246. The predicted octanol–water partition coefficient (Wildman–Crippen LogP) is 3.10. The van der Waals surface area contributed by atoms with Gasteiger partial charge in [-0.1, -0.05) is 11.6 Å². The van der Waals surface area contributed by atoms with E-state index in [4.69, 9.17) is 0 Å². The molecule has 0 saturated carbocycles. The van der Waals surface area contributed by atoms with E-state index in [9.17, 15) is 0 Å². The van der Waals surface area contributed by atoms with Gasteiger partial charge in [-0.15, -0.1) is 4.33 Å². The summed E-state index contributed by atoms with van der Waals surface area (Å²) in [5.74, 6) is 0.823. The molecule has 1 heterocycles. The second-order valence-corrected chi connectivity index (χ2v) is 6.16. The minimum absolute atomic E-state index is 0.295. The van der Waals surface area contributed by atoms with Gasteiger partial charge in [0.2, 0.25) is 0 Å². The van der Waals surface area contributed by atoms with Crippen LogP contribution < -0.4 is 0 Å². The van der Waals surface area contributed by atoms with Crippen LogP contribution in [0, 0.1) is 5.92 Å². The Bertz CT molecular complexity index is 399. The maximum absolute atomic E-state index is 4.53. The molecule has 114 valence electrons. The molecule has 0 spiro atoms. The molecule has 1 aliphatic rings. The van der Waals surface area contributed by atoms with E-state index < -0.39 is 0 Å². The molecule has 1 N–H and O–H groups in total. The summed E-state index contributed by atoms with van der Waals surface area (Å²) in [7, 11) is 5.45. The highest BCUT2D eigenvalue weighted by atomic mass is 32.1. The number of hydroxylamine groups is 3. The van der Waals surface area contributed by atoms with Crippen molar-refractivity contribution < 1.29 is 14.0 Å². The minimum Gasteiger partial charge on any atom is -0.348 e. The topological polar surface area (TPSA) is 47.1 Å². The second kappa shape index (κ2) is 8.46. The van der Waals surface area contributed by atoms with Gasteiger partial charge in [0.25, 0.3) is 0 Å². The molecule has 1 aromatic heterocycles. The van der Waals surface area contributed by atoms with Crippen molar-refractivity contribution in [2.24, 2.45) is 5.92 Å². The van der Waals surface area contributed by atoms with E-state index in [0.717, 1.165) is 12.3 Å². The van der Waals surface area contributed by atoms with Gasteiger partial charge in [0, 0.05) is 24.8 Å². The summed E-state index contributed by atoms with van der Waals surface area (Å²) in [4.78, 5) is 11.7. The van der Waals surface area contributed by atoms with Crippen LogP contribution >= 0.6 is 12.9 Å². The van der Waals surface area contributed by atoms with Gasteiger partial charge in [-0.05, 0) is 43.5 Å². The van der Waals surface area contributed by atoms with Crippen LogP contribution in [0.1, 0.15) is 31.9 Å². The summed E-state index contributed by atoms with van der Waals surface area (Å²) >= 11 is 3.38. The van der Waals surface area contributed by atoms with E-state index in [1.54, 1.807) is 11.9 Å². The third-order valence-corrected chi connectivity index (χ3v) is 3.13. The number of hydrogen-bond donors (Lipinski definition) is 2. The molecule has 0 radical (unpaired) electrons. The normalized spacial score (nSPS) is 19.1. The number of H-pyrrole nitrogens is 1. The van der Waals surface area contributed by atoms with Gasteiger partial charge >= 0.3 is 0 Å². The summed E-state index contributed by atoms with van der Waals surface area (Å²) in [5, 5.41) is 0. The van der Waals surface area contributed by atoms with Crippen LogP contribution in [-0.2, 0) is 15.7 Å². The second-order valence-electron chi connectivity index (χ2n) is 6.01. The van der Waals surface area contributed by atoms with Gasteiger partial charge in [0.1, 0.15) is 21.1 Å². The first-order valence-corrected chi connectivity index (χ1v) is 7.21. The lowest BCUT2D eigenvalue weighted by molar-refractivity contribution is -1.10. The Morgan fingerprint density at radius 2 is 2.20 bits per heavy atom. The molecule has 1 aliphatic carbocycles. The molecule has 0 aliphatic heterocycles. The number of allylic oxidation sites excluding steroid dienone is 2. The Morgan fingerprint density at radius 1 is 1.45 bits per heavy atom. The number of aromatic nitrogens is 2. The van der Waals surface area contributed by atoms with Crippen molar-refractivity contribution in [2.45, 2.75) is 32.6 Å². The maximum atomic E-state index is 4.53. The van der Waals surface area contributed by atoms with E-state index in [2.05, 4.69) is 45.2 Å². The van der Waals surface area contributed by atoms with Crippen molar-refractivity contribution in [3.8, 4) is 0 Å². The molecule has 5 nitrogen and oxygen atoms in total. The zero-order valence-electron chi connectivity index (χ0n) is 12.8. The van der Waals surface area contributed by atoms with Crippen molar-refractivity contribution in [1.82, 2.24) is 9.97 Å². The predicted molar refractivity (Wildman–Crippen MR) is 82.6 cm³/mol.